The molecule has 0 spiro atoms. The predicted molar refractivity (Wildman–Crippen MR) is 66.1 cm³/mol. The smallest absolute Gasteiger partial charge is 0.354 e. The normalized spacial score (nSPS) is 10.3. The van der Waals surface area contributed by atoms with Crippen molar-refractivity contribution in [2.45, 2.75) is 6.92 Å². The van der Waals surface area contributed by atoms with Crippen molar-refractivity contribution in [3.05, 3.63) is 23.9 Å². The number of hydrogen-bond acceptors (Lipinski definition) is 3. The molecule has 2 rings (SSSR count). The summed E-state index contributed by atoms with van der Waals surface area (Å²) < 4.78 is 5.06. The van der Waals surface area contributed by atoms with Gasteiger partial charge in [-0.1, -0.05) is 0 Å². The molecule has 1 aromatic heterocycles. The number of benzene rings is 1. The van der Waals surface area contributed by atoms with Crippen molar-refractivity contribution in [2.75, 3.05) is 12.4 Å². The zero-order valence-corrected chi connectivity index (χ0v) is 9.90. The van der Waals surface area contributed by atoms with E-state index in [2.05, 4.69) is 10.3 Å². The summed E-state index contributed by atoms with van der Waals surface area (Å²) in [6.07, 6.45) is 0. The van der Waals surface area contributed by atoms with Crippen LogP contribution in [0.25, 0.3) is 10.9 Å². The van der Waals surface area contributed by atoms with E-state index in [1.54, 1.807) is 18.2 Å². The largest absolute Gasteiger partial charge is 0.497 e. The highest BCUT2D eigenvalue weighted by Gasteiger charge is 2.18. The fourth-order valence-electron chi connectivity index (χ4n) is 1.77. The Morgan fingerprint density at radius 1 is 1.39 bits per heavy atom. The van der Waals surface area contributed by atoms with Gasteiger partial charge in [0.25, 0.3) is 0 Å². The second-order valence-corrected chi connectivity index (χ2v) is 3.77. The van der Waals surface area contributed by atoms with Gasteiger partial charge in [0, 0.05) is 18.4 Å². The minimum absolute atomic E-state index is 0.0477. The molecular weight excluding hydrogens is 236 g/mol. The molecule has 0 unspecified atom stereocenters. The van der Waals surface area contributed by atoms with E-state index in [-0.39, 0.29) is 17.3 Å². The molecule has 0 aliphatic carbocycles. The molecule has 3 N–H and O–H groups in total. The summed E-state index contributed by atoms with van der Waals surface area (Å²) >= 11 is 0. The number of hydrogen-bond donors (Lipinski definition) is 3. The van der Waals surface area contributed by atoms with Crippen molar-refractivity contribution in [3.8, 4) is 5.75 Å². The van der Waals surface area contributed by atoms with Gasteiger partial charge in [0.05, 0.1) is 18.3 Å². The standard InChI is InChI=1S/C12H12N2O4/c1-6(15)13-10-8-4-3-7(18-2)5-9(8)14-11(10)12(16)17/h3-5,14H,1-2H3,(H,13,15)(H,16,17). The number of aromatic carboxylic acids is 1. The fraction of sp³-hybridized carbons (Fsp3) is 0.167. The molecule has 1 heterocycles. The van der Waals surface area contributed by atoms with Gasteiger partial charge in [-0.15, -0.1) is 0 Å². The molecule has 6 nitrogen and oxygen atoms in total. The number of carboxylic acid groups (broad SMARTS) is 1. The van der Waals surface area contributed by atoms with E-state index in [9.17, 15) is 9.59 Å². The van der Waals surface area contributed by atoms with E-state index in [0.29, 0.717) is 16.7 Å². The highest BCUT2D eigenvalue weighted by molar-refractivity contribution is 6.10. The quantitative estimate of drug-likeness (QED) is 0.772. The van der Waals surface area contributed by atoms with Crippen LogP contribution in [-0.4, -0.2) is 29.1 Å². The molecular formula is C12H12N2O4. The highest BCUT2D eigenvalue weighted by atomic mass is 16.5. The topological polar surface area (TPSA) is 91.4 Å². The summed E-state index contributed by atoms with van der Waals surface area (Å²) in [7, 11) is 1.52. The van der Waals surface area contributed by atoms with Crippen molar-refractivity contribution in [3.63, 3.8) is 0 Å². The number of H-pyrrole nitrogens is 1. The summed E-state index contributed by atoms with van der Waals surface area (Å²) in [6, 6.07) is 5.07. The van der Waals surface area contributed by atoms with Crippen LogP contribution in [0.15, 0.2) is 18.2 Å². The average Bonchev–Trinajstić information content (AvgIpc) is 2.66. The Bertz CT molecular complexity index is 630. The average molecular weight is 248 g/mol. The Labute approximate surface area is 103 Å². The number of nitrogens with one attached hydrogen (secondary N) is 2. The molecule has 0 saturated carbocycles. The third-order valence-electron chi connectivity index (χ3n) is 2.52. The maximum Gasteiger partial charge on any atom is 0.354 e. The van der Waals surface area contributed by atoms with Gasteiger partial charge < -0.3 is 20.1 Å². The number of anilines is 1. The van der Waals surface area contributed by atoms with Gasteiger partial charge in [-0.2, -0.15) is 0 Å². The van der Waals surface area contributed by atoms with Crippen LogP contribution < -0.4 is 10.1 Å². The molecule has 1 amide bonds. The van der Waals surface area contributed by atoms with E-state index in [1.165, 1.54) is 14.0 Å². The number of aromatic amines is 1. The maximum absolute atomic E-state index is 11.1. The Morgan fingerprint density at radius 2 is 2.11 bits per heavy atom. The van der Waals surface area contributed by atoms with Gasteiger partial charge in [0.15, 0.2) is 0 Å². The number of ether oxygens (including phenoxy) is 1. The number of carboxylic acids is 1. The van der Waals surface area contributed by atoms with Crippen LogP contribution >= 0.6 is 0 Å². The molecule has 94 valence electrons. The molecule has 1 aromatic carbocycles. The lowest BCUT2D eigenvalue weighted by atomic mass is 10.2. The van der Waals surface area contributed by atoms with Gasteiger partial charge in [-0.3, -0.25) is 4.79 Å². The summed E-state index contributed by atoms with van der Waals surface area (Å²) in [6.45, 7) is 1.33. The number of aromatic nitrogens is 1. The monoisotopic (exact) mass is 248 g/mol. The predicted octanol–water partition coefficient (Wildman–Crippen LogP) is 1.83. The van der Waals surface area contributed by atoms with Crippen molar-refractivity contribution in [1.82, 2.24) is 4.98 Å². The van der Waals surface area contributed by atoms with Gasteiger partial charge in [-0.25, -0.2) is 4.79 Å². The molecule has 18 heavy (non-hydrogen) atoms. The number of amides is 1. The molecule has 0 bridgehead atoms. The SMILES string of the molecule is COc1ccc2c(NC(C)=O)c(C(=O)O)[nH]c2c1. The van der Waals surface area contributed by atoms with Gasteiger partial charge in [0.1, 0.15) is 11.4 Å². The van der Waals surface area contributed by atoms with Gasteiger partial charge in [0.2, 0.25) is 5.91 Å². The van der Waals surface area contributed by atoms with Crippen molar-refractivity contribution in [1.29, 1.82) is 0 Å². The minimum atomic E-state index is -1.13. The lowest BCUT2D eigenvalue weighted by Crippen LogP contribution is -2.09. The number of carbonyl (C=O) groups excluding carboxylic acids is 1. The van der Waals surface area contributed by atoms with Crippen LogP contribution in [-0.2, 0) is 4.79 Å². The van der Waals surface area contributed by atoms with E-state index < -0.39 is 5.97 Å². The fourth-order valence-corrected chi connectivity index (χ4v) is 1.77. The van der Waals surface area contributed by atoms with Crippen LogP contribution in [0.4, 0.5) is 5.69 Å². The second-order valence-electron chi connectivity index (χ2n) is 3.77. The zero-order valence-electron chi connectivity index (χ0n) is 9.90. The molecule has 0 aliphatic rings. The van der Waals surface area contributed by atoms with Crippen LogP contribution in [0.2, 0.25) is 0 Å². The Morgan fingerprint density at radius 3 is 2.67 bits per heavy atom. The summed E-state index contributed by atoms with van der Waals surface area (Å²) in [5.74, 6) is -0.849. The molecule has 0 saturated heterocycles. The lowest BCUT2D eigenvalue weighted by molar-refractivity contribution is -0.114. The maximum atomic E-state index is 11.1. The van der Waals surface area contributed by atoms with E-state index in [4.69, 9.17) is 9.84 Å². The summed E-state index contributed by atoms with van der Waals surface area (Å²) in [4.78, 5) is 25.0. The molecule has 0 radical (unpaired) electrons. The Balaban J connectivity index is 2.67. The first-order valence-electron chi connectivity index (χ1n) is 5.23. The number of fused-ring (bicyclic) bond motifs is 1. The van der Waals surface area contributed by atoms with Crippen molar-refractivity contribution < 1.29 is 19.4 Å². The number of rotatable bonds is 3. The molecule has 0 atom stereocenters. The van der Waals surface area contributed by atoms with Crippen LogP contribution in [0.3, 0.4) is 0 Å². The highest BCUT2D eigenvalue weighted by Crippen LogP contribution is 2.30. The molecule has 0 fully saturated rings. The van der Waals surface area contributed by atoms with Crippen LogP contribution in [0, 0.1) is 0 Å². The summed E-state index contributed by atoms with van der Waals surface area (Å²) in [5.41, 5.74) is 0.816. The first-order valence-corrected chi connectivity index (χ1v) is 5.23. The van der Waals surface area contributed by atoms with Crippen LogP contribution in [0.5, 0.6) is 5.75 Å². The van der Waals surface area contributed by atoms with Crippen molar-refractivity contribution in [2.24, 2.45) is 0 Å². The van der Waals surface area contributed by atoms with Crippen molar-refractivity contribution >= 4 is 28.5 Å². The van der Waals surface area contributed by atoms with Crippen LogP contribution in [0.1, 0.15) is 17.4 Å². The molecule has 6 heteroatoms. The number of methoxy groups -OCH3 is 1. The zero-order chi connectivity index (χ0) is 13.3. The second kappa shape index (κ2) is 4.40. The Hall–Kier alpha value is -2.50. The lowest BCUT2D eigenvalue weighted by Gasteiger charge is -2.02. The number of carbonyl (C=O) groups is 2. The van der Waals surface area contributed by atoms with E-state index in [0.717, 1.165) is 0 Å². The third kappa shape index (κ3) is 2.00. The third-order valence-corrected chi connectivity index (χ3v) is 2.52. The van der Waals surface area contributed by atoms with E-state index in [1.807, 2.05) is 0 Å². The first kappa shape index (κ1) is 12.0. The molecule has 0 aliphatic heterocycles. The first-order chi connectivity index (χ1) is 8.52. The van der Waals surface area contributed by atoms with Gasteiger partial charge >= 0.3 is 5.97 Å². The Kier molecular flexibility index (Phi) is 2.93. The summed E-state index contributed by atoms with van der Waals surface area (Å²) in [5, 5.41) is 12.2. The minimum Gasteiger partial charge on any atom is -0.497 e. The van der Waals surface area contributed by atoms with Gasteiger partial charge in [-0.05, 0) is 12.1 Å². The molecule has 2 aromatic rings. The van der Waals surface area contributed by atoms with E-state index >= 15 is 0 Å².